The molecule has 0 aromatic carbocycles. The summed E-state index contributed by atoms with van der Waals surface area (Å²) in [5.74, 6) is 0. The Labute approximate surface area is 77.1 Å². The third kappa shape index (κ3) is 1.89. The number of ether oxygens (including phenoxy) is 1. The summed E-state index contributed by atoms with van der Waals surface area (Å²) < 4.78 is 5.25. The third-order valence-electron chi connectivity index (χ3n) is 2.14. The van der Waals surface area contributed by atoms with Crippen molar-refractivity contribution in [1.82, 2.24) is 4.98 Å². The molecule has 4 nitrogen and oxygen atoms in total. The molecule has 0 bridgehead atoms. The van der Waals surface area contributed by atoms with Gasteiger partial charge in [-0.2, -0.15) is 0 Å². The summed E-state index contributed by atoms with van der Waals surface area (Å²) in [5, 5.41) is 3.32. The molecule has 0 aliphatic carbocycles. The van der Waals surface area contributed by atoms with Crippen molar-refractivity contribution < 1.29 is 4.74 Å². The van der Waals surface area contributed by atoms with Gasteiger partial charge in [0.25, 0.3) is 0 Å². The highest BCUT2D eigenvalue weighted by Crippen LogP contribution is 2.18. The highest BCUT2D eigenvalue weighted by Gasteiger charge is 2.15. The van der Waals surface area contributed by atoms with Crippen molar-refractivity contribution in [3.63, 3.8) is 0 Å². The second kappa shape index (κ2) is 3.62. The van der Waals surface area contributed by atoms with Crippen LogP contribution in [0.4, 0.5) is 11.4 Å². The van der Waals surface area contributed by atoms with Crippen molar-refractivity contribution in [2.45, 2.75) is 12.5 Å². The van der Waals surface area contributed by atoms with Gasteiger partial charge in [0.1, 0.15) is 0 Å². The minimum atomic E-state index is 0.393. The largest absolute Gasteiger partial charge is 0.396 e. The predicted molar refractivity (Wildman–Crippen MR) is 51.5 cm³/mol. The van der Waals surface area contributed by atoms with Crippen molar-refractivity contribution in [3.8, 4) is 0 Å². The Morgan fingerprint density at radius 2 is 2.54 bits per heavy atom. The summed E-state index contributed by atoms with van der Waals surface area (Å²) >= 11 is 0. The monoisotopic (exact) mass is 179 g/mol. The molecule has 1 fully saturated rings. The fraction of sp³-hybridized carbons (Fsp3) is 0.444. The Morgan fingerprint density at radius 3 is 3.23 bits per heavy atom. The van der Waals surface area contributed by atoms with Gasteiger partial charge in [-0.3, -0.25) is 4.98 Å². The molecule has 1 aromatic rings. The van der Waals surface area contributed by atoms with E-state index in [9.17, 15) is 0 Å². The molecule has 4 heteroatoms. The van der Waals surface area contributed by atoms with E-state index in [1.165, 1.54) is 0 Å². The maximum absolute atomic E-state index is 5.73. The summed E-state index contributed by atoms with van der Waals surface area (Å²) in [6, 6.07) is 2.28. The first-order valence-electron chi connectivity index (χ1n) is 4.40. The van der Waals surface area contributed by atoms with Crippen LogP contribution in [0.3, 0.4) is 0 Å². The second-order valence-corrected chi connectivity index (χ2v) is 3.17. The minimum absolute atomic E-state index is 0.393. The molecule has 13 heavy (non-hydrogen) atoms. The number of nitrogens with two attached hydrogens (primary N) is 1. The number of nitrogens with zero attached hydrogens (tertiary/aromatic N) is 1. The molecule has 2 heterocycles. The lowest BCUT2D eigenvalue weighted by molar-refractivity contribution is 0.195. The summed E-state index contributed by atoms with van der Waals surface area (Å²) in [4.78, 5) is 3.92. The normalized spacial score (nSPS) is 21.7. The molecule has 1 atom stereocenters. The van der Waals surface area contributed by atoms with E-state index in [1.807, 2.05) is 6.07 Å². The molecule has 1 saturated heterocycles. The van der Waals surface area contributed by atoms with Crippen molar-refractivity contribution in [3.05, 3.63) is 18.5 Å². The number of nitrogens with one attached hydrogen (secondary N) is 1. The van der Waals surface area contributed by atoms with Crippen molar-refractivity contribution in [2.24, 2.45) is 0 Å². The van der Waals surface area contributed by atoms with Gasteiger partial charge < -0.3 is 15.8 Å². The first kappa shape index (κ1) is 8.31. The van der Waals surface area contributed by atoms with Crippen LogP contribution in [-0.4, -0.2) is 24.2 Å². The standard InChI is InChI=1S/C9H13N3O/c10-8-5-11-3-1-9(8)12-7-2-4-13-6-7/h1,3,5,7H,2,4,6,10H2,(H,11,12)/t7-/m1/s1. The lowest BCUT2D eigenvalue weighted by Gasteiger charge is -2.13. The molecule has 1 aliphatic heterocycles. The smallest absolute Gasteiger partial charge is 0.0736 e. The fourth-order valence-electron chi connectivity index (χ4n) is 1.41. The maximum atomic E-state index is 5.73. The van der Waals surface area contributed by atoms with Gasteiger partial charge >= 0.3 is 0 Å². The quantitative estimate of drug-likeness (QED) is 0.707. The van der Waals surface area contributed by atoms with Gasteiger partial charge in [-0.1, -0.05) is 0 Å². The van der Waals surface area contributed by atoms with E-state index >= 15 is 0 Å². The van der Waals surface area contributed by atoms with Crippen molar-refractivity contribution in [1.29, 1.82) is 0 Å². The van der Waals surface area contributed by atoms with Crippen LogP contribution in [0.25, 0.3) is 0 Å². The molecular formula is C9H13N3O. The summed E-state index contributed by atoms with van der Waals surface area (Å²) in [7, 11) is 0. The minimum Gasteiger partial charge on any atom is -0.396 e. The SMILES string of the molecule is Nc1cnccc1N[C@@H]1CCOC1. The molecule has 0 radical (unpaired) electrons. The summed E-state index contributed by atoms with van der Waals surface area (Å²) in [5.41, 5.74) is 7.37. The van der Waals surface area contributed by atoms with E-state index in [1.54, 1.807) is 12.4 Å². The third-order valence-corrected chi connectivity index (χ3v) is 2.14. The molecule has 3 N–H and O–H groups in total. The number of pyridine rings is 1. The number of anilines is 2. The highest BCUT2D eigenvalue weighted by molar-refractivity contribution is 5.64. The first-order chi connectivity index (χ1) is 6.36. The zero-order valence-electron chi connectivity index (χ0n) is 7.36. The topological polar surface area (TPSA) is 60.2 Å². The Morgan fingerprint density at radius 1 is 1.62 bits per heavy atom. The van der Waals surface area contributed by atoms with E-state index in [0.717, 1.165) is 25.3 Å². The van der Waals surface area contributed by atoms with Gasteiger partial charge in [0.2, 0.25) is 0 Å². The Kier molecular flexibility index (Phi) is 2.31. The number of nitrogen functional groups attached to an aromatic ring is 1. The van der Waals surface area contributed by atoms with Crippen LogP contribution in [0, 0.1) is 0 Å². The van der Waals surface area contributed by atoms with Gasteiger partial charge in [-0.25, -0.2) is 0 Å². The van der Waals surface area contributed by atoms with E-state index in [2.05, 4.69) is 10.3 Å². The van der Waals surface area contributed by atoms with Crippen molar-refractivity contribution in [2.75, 3.05) is 24.3 Å². The van der Waals surface area contributed by atoms with Crippen molar-refractivity contribution >= 4 is 11.4 Å². The van der Waals surface area contributed by atoms with Gasteiger partial charge in [0.15, 0.2) is 0 Å². The predicted octanol–water partition coefficient (Wildman–Crippen LogP) is 0.865. The lowest BCUT2D eigenvalue weighted by atomic mass is 10.2. The molecule has 0 saturated carbocycles. The lowest BCUT2D eigenvalue weighted by Crippen LogP contribution is -2.19. The maximum Gasteiger partial charge on any atom is 0.0736 e. The van der Waals surface area contributed by atoms with Gasteiger partial charge in [0, 0.05) is 12.8 Å². The van der Waals surface area contributed by atoms with Gasteiger partial charge in [-0.05, 0) is 12.5 Å². The van der Waals surface area contributed by atoms with Crippen LogP contribution in [0.15, 0.2) is 18.5 Å². The number of rotatable bonds is 2. The number of aromatic nitrogens is 1. The molecule has 2 rings (SSSR count). The number of hydrogen-bond donors (Lipinski definition) is 2. The van der Waals surface area contributed by atoms with E-state index in [-0.39, 0.29) is 0 Å². The molecular weight excluding hydrogens is 166 g/mol. The summed E-state index contributed by atoms with van der Waals surface area (Å²) in [6.07, 6.45) is 4.43. The van der Waals surface area contributed by atoms with E-state index < -0.39 is 0 Å². The molecule has 0 spiro atoms. The van der Waals surface area contributed by atoms with Crippen LogP contribution < -0.4 is 11.1 Å². The van der Waals surface area contributed by atoms with Gasteiger partial charge in [-0.15, -0.1) is 0 Å². The number of hydrogen-bond acceptors (Lipinski definition) is 4. The van der Waals surface area contributed by atoms with Crippen LogP contribution in [-0.2, 0) is 4.74 Å². The molecule has 0 amide bonds. The van der Waals surface area contributed by atoms with Crippen LogP contribution >= 0.6 is 0 Å². The van der Waals surface area contributed by atoms with Gasteiger partial charge in [0.05, 0.1) is 30.2 Å². The zero-order valence-corrected chi connectivity index (χ0v) is 7.36. The zero-order chi connectivity index (χ0) is 9.10. The highest BCUT2D eigenvalue weighted by atomic mass is 16.5. The first-order valence-corrected chi connectivity index (χ1v) is 4.40. The fourth-order valence-corrected chi connectivity index (χ4v) is 1.41. The Balaban J connectivity index is 2.04. The molecule has 0 unspecified atom stereocenters. The second-order valence-electron chi connectivity index (χ2n) is 3.17. The van der Waals surface area contributed by atoms with E-state index in [0.29, 0.717) is 11.7 Å². The van der Waals surface area contributed by atoms with Crippen LogP contribution in [0.2, 0.25) is 0 Å². The van der Waals surface area contributed by atoms with E-state index in [4.69, 9.17) is 10.5 Å². The summed E-state index contributed by atoms with van der Waals surface area (Å²) in [6.45, 7) is 1.60. The molecule has 70 valence electrons. The van der Waals surface area contributed by atoms with Crippen LogP contribution in [0.1, 0.15) is 6.42 Å². The average molecular weight is 179 g/mol. The Bertz CT molecular complexity index is 284. The molecule has 1 aromatic heterocycles. The Hall–Kier alpha value is -1.29. The van der Waals surface area contributed by atoms with Crippen LogP contribution in [0.5, 0.6) is 0 Å². The molecule has 1 aliphatic rings. The average Bonchev–Trinajstić information content (AvgIpc) is 2.61.